The highest BCUT2D eigenvalue weighted by Gasteiger charge is 2.32. The Labute approximate surface area is 140 Å². The van der Waals surface area contributed by atoms with Gasteiger partial charge in [0.05, 0.1) is 36.5 Å². The van der Waals surface area contributed by atoms with Crippen LogP contribution in [0.2, 0.25) is 0 Å². The maximum absolute atomic E-state index is 12.7. The number of nitrogens with zero attached hydrogens (tertiary/aromatic N) is 5. The fourth-order valence-electron chi connectivity index (χ4n) is 3.31. The molecule has 2 aromatic rings. The van der Waals surface area contributed by atoms with Gasteiger partial charge >= 0.3 is 0 Å². The Morgan fingerprint density at radius 1 is 1.29 bits per heavy atom. The fraction of sp³-hybridized carbons (Fsp3) is 0.529. The Balaban J connectivity index is 1.52. The largest absolute Gasteiger partial charge is 0.380 e. The van der Waals surface area contributed by atoms with Crippen LogP contribution in [0.25, 0.3) is 0 Å². The van der Waals surface area contributed by atoms with Crippen LogP contribution in [0.15, 0.2) is 24.7 Å². The van der Waals surface area contributed by atoms with Crippen LogP contribution in [-0.2, 0) is 18.3 Å². The van der Waals surface area contributed by atoms with Gasteiger partial charge in [0.25, 0.3) is 5.91 Å². The molecule has 7 nitrogen and oxygen atoms in total. The Hall–Kier alpha value is -2.28. The van der Waals surface area contributed by atoms with E-state index in [0.717, 1.165) is 18.1 Å². The molecular formula is C17H21N5O2. The summed E-state index contributed by atoms with van der Waals surface area (Å²) >= 11 is 0. The van der Waals surface area contributed by atoms with E-state index in [9.17, 15) is 4.79 Å². The molecule has 2 aromatic heterocycles. The minimum absolute atomic E-state index is 0.0217. The average molecular weight is 327 g/mol. The SMILES string of the molecule is Cn1ncc2c1[C@H](COCC1CC1)CN(C(=O)c1ccnnc1)C2. The zero-order chi connectivity index (χ0) is 16.5. The number of carbonyl (C=O) groups is 1. The number of rotatable bonds is 5. The minimum Gasteiger partial charge on any atom is -0.380 e. The van der Waals surface area contributed by atoms with E-state index in [1.165, 1.54) is 24.7 Å². The van der Waals surface area contributed by atoms with Gasteiger partial charge in [-0.15, -0.1) is 0 Å². The molecule has 1 fully saturated rings. The second kappa shape index (κ2) is 6.32. The van der Waals surface area contributed by atoms with E-state index >= 15 is 0 Å². The zero-order valence-corrected chi connectivity index (χ0v) is 13.8. The first-order valence-corrected chi connectivity index (χ1v) is 8.37. The molecule has 0 bridgehead atoms. The van der Waals surface area contributed by atoms with Crippen molar-refractivity contribution in [2.75, 3.05) is 19.8 Å². The highest BCUT2D eigenvalue weighted by Crippen LogP contribution is 2.31. The number of ether oxygens (including phenoxy) is 1. The summed E-state index contributed by atoms with van der Waals surface area (Å²) in [4.78, 5) is 14.6. The molecule has 0 unspecified atom stereocenters. The van der Waals surface area contributed by atoms with Crippen LogP contribution in [0.1, 0.15) is 40.4 Å². The van der Waals surface area contributed by atoms with Crippen LogP contribution < -0.4 is 0 Å². The minimum atomic E-state index is -0.0217. The van der Waals surface area contributed by atoms with Crippen LogP contribution in [0, 0.1) is 5.92 Å². The molecule has 3 heterocycles. The lowest BCUT2D eigenvalue weighted by Gasteiger charge is -2.33. The molecular weight excluding hydrogens is 306 g/mol. The normalized spacial score (nSPS) is 20.0. The van der Waals surface area contributed by atoms with Crippen LogP contribution in [0.3, 0.4) is 0 Å². The lowest BCUT2D eigenvalue weighted by molar-refractivity contribution is 0.0620. The molecule has 126 valence electrons. The predicted octanol–water partition coefficient (Wildman–Crippen LogP) is 1.38. The van der Waals surface area contributed by atoms with Crippen LogP contribution in [0.5, 0.6) is 0 Å². The average Bonchev–Trinajstić information content (AvgIpc) is 3.36. The first kappa shape index (κ1) is 15.3. The number of fused-ring (bicyclic) bond motifs is 1. The van der Waals surface area contributed by atoms with Crippen molar-refractivity contribution in [3.05, 3.63) is 41.5 Å². The van der Waals surface area contributed by atoms with Crippen molar-refractivity contribution in [1.82, 2.24) is 24.9 Å². The topological polar surface area (TPSA) is 73.1 Å². The predicted molar refractivity (Wildman–Crippen MR) is 86.3 cm³/mol. The van der Waals surface area contributed by atoms with Crippen molar-refractivity contribution in [2.45, 2.75) is 25.3 Å². The molecule has 1 atom stereocenters. The molecule has 0 aromatic carbocycles. The smallest absolute Gasteiger partial charge is 0.255 e. The molecule has 2 aliphatic rings. The Bertz CT molecular complexity index is 726. The van der Waals surface area contributed by atoms with Gasteiger partial charge in [-0.05, 0) is 24.8 Å². The third kappa shape index (κ3) is 3.03. The van der Waals surface area contributed by atoms with Gasteiger partial charge in [-0.25, -0.2) is 0 Å². The third-order valence-corrected chi connectivity index (χ3v) is 4.74. The van der Waals surface area contributed by atoms with Crippen molar-refractivity contribution in [3.63, 3.8) is 0 Å². The summed E-state index contributed by atoms with van der Waals surface area (Å²) in [5, 5.41) is 11.9. The molecule has 1 amide bonds. The van der Waals surface area contributed by atoms with Gasteiger partial charge in [0, 0.05) is 38.2 Å². The third-order valence-electron chi connectivity index (χ3n) is 4.74. The van der Waals surface area contributed by atoms with Crippen molar-refractivity contribution in [1.29, 1.82) is 0 Å². The summed E-state index contributed by atoms with van der Waals surface area (Å²) in [7, 11) is 1.96. The number of aryl methyl sites for hydroxylation is 1. The Morgan fingerprint density at radius 3 is 2.92 bits per heavy atom. The summed E-state index contributed by atoms with van der Waals surface area (Å²) in [6.07, 6.45) is 7.47. The number of hydrogen-bond acceptors (Lipinski definition) is 5. The van der Waals surface area contributed by atoms with Crippen molar-refractivity contribution in [2.24, 2.45) is 13.0 Å². The summed E-state index contributed by atoms with van der Waals surface area (Å²) < 4.78 is 7.82. The first-order valence-electron chi connectivity index (χ1n) is 8.37. The van der Waals surface area contributed by atoms with E-state index in [4.69, 9.17) is 4.74 Å². The molecule has 0 saturated heterocycles. The summed E-state index contributed by atoms with van der Waals surface area (Å²) in [5.41, 5.74) is 2.84. The highest BCUT2D eigenvalue weighted by molar-refractivity contribution is 5.94. The molecule has 0 N–H and O–H groups in total. The summed E-state index contributed by atoms with van der Waals surface area (Å²) in [5.74, 6) is 0.866. The van der Waals surface area contributed by atoms with Crippen molar-refractivity contribution < 1.29 is 9.53 Å². The number of amides is 1. The summed E-state index contributed by atoms with van der Waals surface area (Å²) in [6.45, 7) is 2.66. The van der Waals surface area contributed by atoms with Gasteiger partial charge in [0.15, 0.2) is 0 Å². The molecule has 4 rings (SSSR count). The zero-order valence-electron chi connectivity index (χ0n) is 13.8. The number of aromatic nitrogens is 4. The monoisotopic (exact) mass is 327 g/mol. The van der Waals surface area contributed by atoms with Crippen LogP contribution in [0.4, 0.5) is 0 Å². The van der Waals surface area contributed by atoms with E-state index in [2.05, 4.69) is 15.3 Å². The Morgan fingerprint density at radius 2 is 2.17 bits per heavy atom. The van der Waals surface area contributed by atoms with E-state index in [1.807, 2.05) is 22.8 Å². The molecule has 7 heteroatoms. The molecule has 1 saturated carbocycles. The maximum Gasteiger partial charge on any atom is 0.255 e. The second-order valence-electron chi connectivity index (χ2n) is 6.67. The fourth-order valence-corrected chi connectivity index (χ4v) is 3.31. The standard InChI is InChI=1S/C17H21N5O2/c1-21-16-14(7-20-21)8-22(17(23)13-4-5-18-19-6-13)9-15(16)11-24-10-12-2-3-12/h4-7,12,15H,2-3,8-11H2,1H3/t15-/m0/s1. The van der Waals surface area contributed by atoms with E-state index in [0.29, 0.717) is 25.3 Å². The maximum atomic E-state index is 12.7. The van der Waals surface area contributed by atoms with Gasteiger partial charge in [-0.1, -0.05) is 0 Å². The molecule has 1 aliphatic carbocycles. The van der Waals surface area contributed by atoms with Gasteiger partial charge in [-0.2, -0.15) is 15.3 Å². The summed E-state index contributed by atoms with van der Waals surface area (Å²) in [6, 6.07) is 1.70. The van der Waals surface area contributed by atoms with E-state index < -0.39 is 0 Å². The van der Waals surface area contributed by atoms with Crippen molar-refractivity contribution >= 4 is 5.91 Å². The van der Waals surface area contributed by atoms with Gasteiger partial charge < -0.3 is 9.64 Å². The van der Waals surface area contributed by atoms with E-state index in [1.54, 1.807) is 12.3 Å². The van der Waals surface area contributed by atoms with Gasteiger partial charge in [0.1, 0.15) is 0 Å². The lowest BCUT2D eigenvalue weighted by atomic mass is 9.96. The number of hydrogen-bond donors (Lipinski definition) is 0. The molecule has 1 aliphatic heterocycles. The molecule has 0 spiro atoms. The molecule has 24 heavy (non-hydrogen) atoms. The van der Waals surface area contributed by atoms with Crippen LogP contribution >= 0.6 is 0 Å². The van der Waals surface area contributed by atoms with Crippen LogP contribution in [-0.4, -0.2) is 50.5 Å². The quantitative estimate of drug-likeness (QED) is 0.829. The van der Waals surface area contributed by atoms with Gasteiger partial charge in [-0.3, -0.25) is 9.48 Å². The first-order chi connectivity index (χ1) is 11.7. The Kier molecular flexibility index (Phi) is 4.02. The second-order valence-corrected chi connectivity index (χ2v) is 6.67. The lowest BCUT2D eigenvalue weighted by Crippen LogP contribution is -2.40. The highest BCUT2D eigenvalue weighted by atomic mass is 16.5. The molecule has 0 radical (unpaired) electrons. The van der Waals surface area contributed by atoms with Gasteiger partial charge in [0.2, 0.25) is 0 Å². The number of carbonyl (C=O) groups excluding carboxylic acids is 1. The van der Waals surface area contributed by atoms with Crippen molar-refractivity contribution in [3.8, 4) is 0 Å². The van der Waals surface area contributed by atoms with E-state index in [-0.39, 0.29) is 11.8 Å².